The molecule has 0 bridgehead atoms. The molecule has 0 saturated heterocycles. The maximum absolute atomic E-state index is 3.44. The zero-order valence-corrected chi connectivity index (χ0v) is 12.4. The molecule has 0 aliphatic rings. The van der Waals surface area contributed by atoms with E-state index in [1.165, 1.54) is 12.8 Å². The number of hydrazine groups is 1. The summed E-state index contributed by atoms with van der Waals surface area (Å²) in [5.74, 6) is 0. The van der Waals surface area contributed by atoms with Crippen LogP contribution in [0.1, 0.15) is 61.3 Å². The Hall–Kier alpha value is -0.0800. The van der Waals surface area contributed by atoms with Gasteiger partial charge in [0.15, 0.2) is 0 Å². The Morgan fingerprint density at radius 1 is 1.00 bits per heavy atom. The molecule has 0 aromatic heterocycles. The van der Waals surface area contributed by atoms with Crippen LogP contribution in [-0.4, -0.2) is 24.6 Å². The van der Waals surface area contributed by atoms with Crippen LogP contribution in [0.4, 0.5) is 0 Å². The van der Waals surface area contributed by atoms with Gasteiger partial charge in [0.25, 0.3) is 0 Å². The van der Waals surface area contributed by atoms with Crippen LogP contribution in [0.15, 0.2) is 0 Å². The van der Waals surface area contributed by atoms with Crippen LogP contribution >= 0.6 is 0 Å². The fourth-order valence-electron chi connectivity index (χ4n) is 1.97. The second-order valence-corrected chi connectivity index (χ2v) is 5.58. The van der Waals surface area contributed by atoms with Gasteiger partial charge in [-0.15, -0.1) is 0 Å². The SMILES string of the molecule is CC.CCC(C)(C)CC(C)(C)NN(C)C. The minimum absolute atomic E-state index is 0.184. The van der Waals surface area contributed by atoms with Gasteiger partial charge in [0.1, 0.15) is 0 Å². The standard InChI is InChI=1S/C11H26N2.C2H6/c1-8-10(2,3)9-11(4,5)12-13(6)7;1-2/h12H,8-9H2,1-7H3;1-2H3. The van der Waals surface area contributed by atoms with Gasteiger partial charge in [-0.3, -0.25) is 10.4 Å². The summed E-state index contributed by atoms with van der Waals surface area (Å²) in [6.45, 7) is 15.4. The molecule has 0 heterocycles. The second kappa shape index (κ2) is 7.24. The zero-order valence-electron chi connectivity index (χ0n) is 12.4. The molecule has 94 valence electrons. The molecular formula is C13H32N2. The van der Waals surface area contributed by atoms with E-state index in [0.717, 1.165) is 0 Å². The van der Waals surface area contributed by atoms with Crippen LogP contribution in [0.5, 0.6) is 0 Å². The Bertz CT molecular complexity index is 149. The topological polar surface area (TPSA) is 15.3 Å². The number of rotatable bonds is 5. The summed E-state index contributed by atoms with van der Waals surface area (Å²) >= 11 is 0. The van der Waals surface area contributed by atoms with Crippen LogP contribution in [0, 0.1) is 5.41 Å². The van der Waals surface area contributed by atoms with Gasteiger partial charge in [-0.25, -0.2) is 0 Å². The monoisotopic (exact) mass is 216 g/mol. The molecule has 0 aliphatic heterocycles. The lowest BCUT2D eigenvalue weighted by molar-refractivity contribution is 0.129. The normalized spacial score (nSPS) is 12.4. The van der Waals surface area contributed by atoms with Gasteiger partial charge in [0.2, 0.25) is 0 Å². The molecule has 0 aromatic rings. The molecule has 2 heteroatoms. The summed E-state index contributed by atoms with van der Waals surface area (Å²) in [5.41, 5.74) is 4.05. The molecule has 0 aliphatic carbocycles. The quantitative estimate of drug-likeness (QED) is 0.705. The fourth-order valence-corrected chi connectivity index (χ4v) is 1.97. The van der Waals surface area contributed by atoms with Gasteiger partial charge in [-0.05, 0) is 25.7 Å². The van der Waals surface area contributed by atoms with Crippen molar-refractivity contribution in [2.24, 2.45) is 5.41 Å². The van der Waals surface area contributed by atoms with Crippen molar-refractivity contribution in [1.29, 1.82) is 0 Å². The van der Waals surface area contributed by atoms with Gasteiger partial charge in [0.05, 0.1) is 0 Å². The molecule has 0 amide bonds. The van der Waals surface area contributed by atoms with Gasteiger partial charge < -0.3 is 0 Å². The summed E-state index contributed by atoms with van der Waals surface area (Å²) < 4.78 is 0. The molecular weight excluding hydrogens is 184 g/mol. The van der Waals surface area contributed by atoms with Crippen LogP contribution in [-0.2, 0) is 0 Å². The third-order valence-electron chi connectivity index (χ3n) is 2.40. The number of hydrogen-bond donors (Lipinski definition) is 1. The number of nitrogens with zero attached hydrogens (tertiary/aromatic N) is 1. The maximum atomic E-state index is 3.44. The highest BCUT2D eigenvalue weighted by atomic mass is 15.5. The second-order valence-electron chi connectivity index (χ2n) is 5.58. The van der Waals surface area contributed by atoms with E-state index in [1.807, 2.05) is 33.0 Å². The van der Waals surface area contributed by atoms with E-state index in [2.05, 4.69) is 40.0 Å². The summed E-state index contributed by atoms with van der Waals surface area (Å²) in [7, 11) is 4.08. The zero-order chi connectivity index (χ0) is 12.7. The van der Waals surface area contributed by atoms with Crippen LogP contribution in [0.25, 0.3) is 0 Å². The Morgan fingerprint density at radius 3 is 1.67 bits per heavy atom. The first-order valence-electron chi connectivity index (χ1n) is 6.14. The predicted octanol–water partition coefficient (Wildman–Crippen LogP) is 3.68. The highest BCUT2D eigenvalue weighted by Gasteiger charge is 2.27. The van der Waals surface area contributed by atoms with Crippen molar-refractivity contribution in [2.45, 2.75) is 66.8 Å². The lowest BCUT2D eigenvalue weighted by atomic mass is 9.78. The van der Waals surface area contributed by atoms with Crippen molar-refractivity contribution in [2.75, 3.05) is 14.1 Å². The minimum Gasteiger partial charge on any atom is -0.250 e. The van der Waals surface area contributed by atoms with Crippen molar-refractivity contribution >= 4 is 0 Å². The molecule has 0 saturated carbocycles. The van der Waals surface area contributed by atoms with E-state index in [1.54, 1.807) is 0 Å². The van der Waals surface area contributed by atoms with Gasteiger partial charge in [-0.1, -0.05) is 41.0 Å². The smallest absolute Gasteiger partial charge is 0.0274 e. The van der Waals surface area contributed by atoms with E-state index < -0.39 is 0 Å². The Kier molecular flexibility index (Phi) is 8.35. The third-order valence-corrected chi connectivity index (χ3v) is 2.40. The summed E-state index contributed by atoms with van der Waals surface area (Å²) in [4.78, 5) is 0. The molecule has 1 N–H and O–H groups in total. The largest absolute Gasteiger partial charge is 0.250 e. The van der Waals surface area contributed by atoms with Crippen molar-refractivity contribution in [1.82, 2.24) is 10.4 Å². The fraction of sp³-hybridized carbons (Fsp3) is 1.00. The van der Waals surface area contributed by atoms with Crippen LogP contribution in [0.2, 0.25) is 0 Å². The molecule has 0 unspecified atom stereocenters. The molecule has 2 nitrogen and oxygen atoms in total. The van der Waals surface area contributed by atoms with E-state index in [0.29, 0.717) is 5.41 Å². The van der Waals surface area contributed by atoms with E-state index >= 15 is 0 Å². The Balaban J connectivity index is 0. The molecule has 0 radical (unpaired) electrons. The van der Waals surface area contributed by atoms with Crippen molar-refractivity contribution in [3.05, 3.63) is 0 Å². The van der Waals surface area contributed by atoms with E-state index in [-0.39, 0.29) is 5.54 Å². The molecule has 0 fully saturated rings. The van der Waals surface area contributed by atoms with Crippen molar-refractivity contribution in [3.63, 3.8) is 0 Å². The number of hydrogen-bond acceptors (Lipinski definition) is 2. The molecule has 0 spiro atoms. The average molecular weight is 216 g/mol. The molecule has 15 heavy (non-hydrogen) atoms. The summed E-state index contributed by atoms with van der Waals surface area (Å²) in [6.07, 6.45) is 2.42. The van der Waals surface area contributed by atoms with Crippen molar-refractivity contribution in [3.8, 4) is 0 Å². The Morgan fingerprint density at radius 2 is 1.40 bits per heavy atom. The molecule has 0 atom stereocenters. The lowest BCUT2D eigenvalue weighted by Gasteiger charge is -2.37. The Labute approximate surface area is 97.4 Å². The van der Waals surface area contributed by atoms with Gasteiger partial charge in [0, 0.05) is 19.6 Å². The number of nitrogens with one attached hydrogen (secondary N) is 1. The summed E-state index contributed by atoms with van der Waals surface area (Å²) in [5, 5.41) is 2.03. The van der Waals surface area contributed by atoms with Gasteiger partial charge in [-0.2, -0.15) is 0 Å². The average Bonchev–Trinajstić information content (AvgIpc) is 2.03. The first-order valence-corrected chi connectivity index (χ1v) is 6.14. The van der Waals surface area contributed by atoms with E-state index in [4.69, 9.17) is 0 Å². The van der Waals surface area contributed by atoms with Crippen LogP contribution < -0.4 is 5.43 Å². The van der Waals surface area contributed by atoms with E-state index in [9.17, 15) is 0 Å². The third kappa shape index (κ3) is 10.2. The maximum Gasteiger partial charge on any atom is 0.0274 e. The summed E-state index contributed by atoms with van der Waals surface area (Å²) in [6, 6.07) is 0. The van der Waals surface area contributed by atoms with Gasteiger partial charge >= 0.3 is 0 Å². The van der Waals surface area contributed by atoms with Crippen molar-refractivity contribution < 1.29 is 0 Å². The lowest BCUT2D eigenvalue weighted by Crippen LogP contribution is -2.49. The highest BCUT2D eigenvalue weighted by Crippen LogP contribution is 2.30. The minimum atomic E-state index is 0.184. The molecule has 0 rings (SSSR count). The highest BCUT2D eigenvalue weighted by molar-refractivity contribution is 4.83. The predicted molar refractivity (Wildman–Crippen MR) is 70.9 cm³/mol. The first-order chi connectivity index (χ1) is 6.68. The van der Waals surface area contributed by atoms with Crippen LogP contribution in [0.3, 0.4) is 0 Å². The first kappa shape index (κ1) is 17.3. The molecule has 0 aromatic carbocycles.